The molecule has 2 N–H and O–H groups in total. The quantitative estimate of drug-likeness (QED) is 0.417. The van der Waals surface area contributed by atoms with Crippen LogP contribution in [0.25, 0.3) is 0 Å². The second-order valence-corrected chi connectivity index (χ2v) is 7.55. The van der Waals surface area contributed by atoms with Crippen molar-refractivity contribution in [2.24, 2.45) is 0 Å². The number of methoxy groups -OCH3 is 1. The molecule has 29 heavy (non-hydrogen) atoms. The van der Waals surface area contributed by atoms with Gasteiger partial charge in [0.2, 0.25) is 0 Å². The van der Waals surface area contributed by atoms with Crippen LogP contribution in [0.5, 0.6) is 11.5 Å². The summed E-state index contributed by atoms with van der Waals surface area (Å²) in [6.45, 7) is 0.929. The Hall–Kier alpha value is -2.70. The van der Waals surface area contributed by atoms with E-state index in [0.717, 1.165) is 21.3 Å². The number of carboxylic acid groups (broad SMARTS) is 1. The summed E-state index contributed by atoms with van der Waals surface area (Å²) in [6.07, 6.45) is 0. The normalized spacial score (nSPS) is 10.4. The number of anilines is 1. The molecule has 0 amide bonds. The molecule has 3 aromatic rings. The van der Waals surface area contributed by atoms with Crippen molar-refractivity contribution in [3.05, 3.63) is 86.8 Å². The summed E-state index contributed by atoms with van der Waals surface area (Å²) in [5.41, 5.74) is 3.06. The Kier molecular flexibility index (Phi) is 7.01. The summed E-state index contributed by atoms with van der Waals surface area (Å²) in [4.78, 5) is 10.9. The molecule has 3 rings (SSSR count). The number of carbonyl (C=O) groups is 1. The molecule has 0 aliphatic carbocycles. The van der Waals surface area contributed by atoms with Crippen LogP contribution in [0.1, 0.15) is 21.5 Å². The SMILES string of the molecule is COc1cc(CNc2ccc(C(=O)O)cc2)cc(Br)c1OCc1ccc(Cl)cc1. The summed E-state index contributed by atoms with van der Waals surface area (Å²) in [5.74, 6) is 0.294. The van der Waals surface area contributed by atoms with Gasteiger partial charge >= 0.3 is 5.97 Å². The summed E-state index contributed by atoms with van der Waals surface area (Å²) < 4.78 is 12.2. The third kappa shape index (κ3) is 5.65. The number of rotatable bonds is 8. The van der Waals surface area contributed by atoms with E-state index in [4.69, 9.17) is 26.2 Å². The Morgan fingerprint density at radius 2 is 1.76 bits per heavy atom. The van der Waals surface area contributed by atoms with Crippen molar-refractivity contribution in [3.63, 3.8) is 0 Å². The smallest absolute Gasteiger partial charge is 0.335 e. The van der Waals surface area contributed by atoms with Crippen molar-refractivity contribution in [1.82, 2.24) is 0 Å². The molecule has 0 radical (unpaired) electrons. The van der Waals surface area contributed by atoms with Crippen molar-refractivity contribution in [2.75, 3.05) is 12.4 Å². The predicted octanol–water partition coefficient (Wildman–Crippen LogP) is 6.00. The van der Waals surface area contributed by atoms with Crippen LogP contribution >= 0.6 is 27.5 Å². The second kappa shape index (κ2) is 9.67. The molecule has 0 aliphatic heterocycles. The van der Waals surface area contributed by atoms with Gasteiger partial charge in [0.05, 0.1) is 17.1 Å². The van der Waals surface area contributed by atoms with Gasteiger partial charge in [0, 0.05) is 17.3 Å². The lowest BCUT2D eigenvalue weighted by atomic mass is 10.1. The number of aromatic carboxylic acids is 1. The van der Waals surface area contributed by atoms with Gasteiger partial charge < -0.3 is 19.9 Å². The first kappa shape index (κ1) is 21.0. The Morgan fingerprint density at radius 1 is 1.07 bits per heavy atom. The van der Waals surface area contributed by atoms with Gasteiger partial charge in [-0.05, 0) is 75.6 Å². The van der Waals surface area contributed by atoms with Crippen molar-refractivity contribution < 1.29 is 19.4 Å². The van der Waals surface area contributed by atoms with Crippen molar-refractivity contribution in [3.8, 4) is 11.5 Å². The van der Waals surface area contributed by atoms with E-state index in [1.807, 2.05) is 36.4 Å². The summed E-state index contributed by atoms with van der Waals surface area (Å²) in [6, 6.07) is 17.9. The number of ether oxygens (including phenoxy) is 2. The van der Waals surface area contributed by atoms with Crippen LogP contribution in [-0.4, -0.2) is 18.2 Å². The minimum atomic E-state index is -0.945. The minimum Gasteiger partial charge on any atom is -0.493 e. The van der Waals surface area contributed by atoms with E-state index in [1.165, 1.54) is 0 Å². The van der Waals surface area contributed by atoms with Crippen molar-refractivity contribution >= 4 is 39.2 Å². The van der Waals surface area contributed by atoms with Gasteiger partial charge in [0.15, 0.2) is 11.5 Å². The van der Waals surface area contributed by atoms with Crippen LogP contribution in [0.15, 0.2) is 65.1 Å². The molecule has 0 aliphatic rings. The fourth-order valence-electron chi connectivity index (χ4n) is 2.69. The fraction of sp³-hybridized carbons (Fsp3) is 0.136. The van der Waals surface area contributed by atoms with E-state index in [1.54, 1.807) is 31.4 Å². The largest absolute Gasteiger partial charge is 0.493 e. The van der Waals surface area contributed by atoms with E-state index in [9.17, 15) is 4.79 Å². The van der Waals surface area contributed by atoms with Gasteiger partial charge in [-0.3, -0.25) is 0 Å². The zero-order chi connectivity index (χ0) is 20.8. The lowest BCUT2D eigenvalue weighted by molar-refractivity contribution is 0.0697. The molecule has 0 bridgehead atoms. The monoisotopic (exact) mass is 475 g/mol. The fourth-order valence-corrected chi connectivity index (χ4v) is 3.42. The molecular weight excluding hydrogens is 458 g/mol. The molecule has 0 saturated heterocycles. The van der Waals surface area contributed by atoms with Gasteiger partial charge in [-0.25, -0.2) is 4.79 Å². The number of benzene rings is 3. The maximum absolute atomic E-state index is 10.9. The molecule has 0 saturated carbocycles. The van der Waals surface area contributed by atoms with Gasteiger partial charge in [-0.1, -0.05) is 23.7 Å². The highest BCUT2D eigenvalue weighted by atomic mass is 79.9. The minimum absolute atomic E-state index is 0.252. The van der Waals surface area contributed by atoms with E-state index in [0.29, 0.717) is 29.7 Å². The number of hydrogen-bond acceptors (Lipinski definition) is 4. The summed E-state index contributed by atoms with van der Waals surface area (Å²) >= 11 is 9.47. The van der Waals surface area contributed by atoms with Crippen LogP contribution in [0, 0.1) is 0 Å². The second-order valence-electron chi connectivity index (χ2n) is 6.26. The first-order chi connectivity index (χ1) is 14.0. The number of hydrogen-bond donors (Lipinski definition) is 2. The number of halogens is 2. The Balaban J connectivity index is 1.68. The first-order valence-corrected chi connectivity index (χ1v) is 9.94. The third-order valence-corrected chi connectivity index (χ3v) is 5.06. The molecule has 0 heterocycles. The lowest BCUT2D eigenvalue weighted by Gasteiger charge is -2.15. The molecule has 0 aromatic heterocycles. The third-order valence-electron chi connectivity index (χ3n) is 4.21. The average Bonchev–Trinajstić information content (AvgIpc) is 2.72. The van der Waals surface area contributed by atoms with Gasteiger partial charge in [0.1, 0.15) is 6.61 Å². The zero-order valence-corrected chi connectivity index (χ0v) is 18.0. The topological polar surface area (TPSA) is 67.8 Å². The molecule has 0 atom stereocenters. The van der Waals surface area contributed by atoms with Crippen LogP contribution in [-0.2, 0) is 13.2 Å². The molecule has 150 valence electrons. The van der Waals surface area contributed by atoms with Gasteiger partial charge in [-0.2, -0.15) is 0 Å². The maximum atomic E-state index is 10.9. The van der Waals surface area contributed by atoms with Crippen LogP contribution in [0.4, 0.5) is 5.69 Å². The molecule has 0 spiro atoms. The molecule has 3 aromatic carbocycles. The van der Waals surface area contributed by atoms with E-state index in [2.05, 4.69) is 21.2 Å². The molecule has 0 fully saturated rings. The lowest BCUT2D eigenvalue weighted by Crippen LogP contribution is -2.03. The van der Waals surface area contributed by atoms with Gasteiger partial charge in [-0.15, -0.1) is 0 Å². The highest BCUT2D eigenvalue weighted by molar-refractivity contribution is 9.10. The highest BCUT2D eigenvalue weighted by Gasteiger charge is 2.12. The molecule has 5 nitrogen and oxygen atoms in total. The number of carboxylic acids is 1. The van der Waals surface area contributed by atoms with Crippen LogP contribution in [0.2, 0.25) is 5.02 Å². The maximum Gasteiger partial charge on any atom is 0.335 e. The van der Waals surface area contributed by atoms with Crippen LogP contribution < -0.4 is 14.8 Å². The van der Waals surface area contributed by atoms with Crippen LogP contribution in [0.3, 0.4) is 0 Å². The zero-order valence-electron chi connectivity index (χ0n) is 15.6. The first-order valence-electron chi connectivity index (χ1n) is 8.77. The average molecular weight is 477 g/mol. The van der Waals surface area contributed by atoms with Crippen molar-refractivity contribution in [2.45, 2.75) is 13.2 Å². The Morgan fingerprint density at radius 3 is 2.38 bits per heavy atom. The van der Waals surface area contributed by atoms with Crippen molar-refractivity contribution in [1.29, 1.82) is 0 Å². The highest BCUT2D eigenvalue weighted by Crippen LogP contribution is 2.37. The molecular formula is C22H19BrClNO4. The standard InChI is InChI=1S/C22H19BrClNO4/c1-28-20-11-15(12-25-18-8-4-16(5-9-18)22(26)27)10-19(23)21(20)29-13-14-2-6-17(24)7-3-14/h2-11,25H,12-13H2,1H3,(H,26,27). The Labute approximate surface area is 182 Å². The Bertz CT molecular complexity index is 991. The predicted molar refractivity (Wildman–Crippen MR) is 117 cm³/mol. The van der Waals surface area contributed by atoms with E-state index < -0.39 is 5.97 Å². The molecule has 7 heteroatoms. The number of nitrogens with one attached hydrogen (secondary N) is 1. The summed E-state index contributed by atoms with van der Waals surface area (Å²) in [5, 5.41) is 12.9. The molecule has 0 unspecified atom stereocenters. The van der Waals surface area contributed by atoms with E-state index >= 15 is 0 Å². The summed E-state index contributed by atoms with van der Waals surface area (Å²) in [7, 11) is 1.60. The van der Waals surface area contributed by atoms with Gasteiger partial charge in [0.25, 0.3) is 0 Å². The van der Waals surface area contributed by atoms with E-state index in [-0.39, 0.29) is 5.56 Å².